The smallest absolute Gasteiger partial charge is 0.0624 e. The van der Waals surface area contributed by atoms with E-state index in [1.165, 1.54) is 15.3 Å². The van der Waals surface area contributed by atoms with E-state index < -0.39 is 0 Å². The Balaban J connectivity index is 2.25. The maximum absolute atomic E-state index is 8.95. The maximum Gasteiger partial charge on any atom is 0.0624 e. The van der Waals surface area contributed by atoms with E-state index >= 15 is 0 Å². The number of nitrogens with two attached hydrogens (primary N) is 1. The van der Waals surface area contributed by atoms with E-state index in [1.54, 1.807) is 11.3 Å². The SMILES string of the molecule is Cc1ccc(-c2ccc([C@H](N)CO)cc2)s1. The zero-order valence-corrected chi connectivity index (χ0v) is 10.00. The second-order valence-corrected chi connectivity index (χ2v) is 5.11. The minimum Gasteiger partial charge on any atom is -0.394 e. The Morgan fingerprint density at radius 3 is 2.38 bits per heavy atom. The van der Waals surface area contributed by atoms with Gasteiger partial charge in [0.05, 0.1) is 12.6 Å². The van der Waals surface area contributed by atoms with Crippen LogP contribution < -0.4 is 5.73 Å². The summed E-state index contributed by atoms with van der Waals surface area (Å²) in [4.78, 5) is 2.58. The first-order chi connectivity index (χ1) is 7.70. The highest BCUT2D eigenvalue weighted by atomic mass is 32.1. The van der Waals surface area contributed by atoms with Crippen LogP contribution in [-0.2, 0) is 0 Å². The minimum absolute atomic E-state index is 0.0164. The second kappa shape index (κ2) is 4.78. The van der Waals surface area contributed by atoms with Crippen molar-refractivity contribution < 1.29 is 5.11 Å². The number of aliphatic hydroxyl groups excluding tert-OH is 1. The molecule has 2 nitrogen and oxygen atoms in total. The Bertz CT molecular complexity index is 461. The summed E-state index contributed by atoms with van der Waals surface area (Å²) in [5.74, 6) is 0. The zero-order valence-electron chi connectivity index (χ0n) is 9.18. The van der Waals surface area contributed by atoms with Crippen molar-refractivity contribution in [2.75, 3.05) is 6.61 Å². The molecule has 1 heterocycles. The summed E-state index contributed by atoms with van der Waals surface area (Å²) < 4.78 is 0. The van der Waals surface area contributed by atoms with E-state index in [-0.39, 0.29) is 12.6 Å². The fraction of sp³-hybridized carbons (Fsp3) is 0.231. The monoisotopic (exact) mass is 233 g/mol. The van der Waals surface area contributed by atoms with Crippen molar-refractivity contribution in [2.24, 2.45) is 5.73 Å². The van der Waals surface area contributed by atoms with Crippen molar-refractivity contribution in [3.63, 3.8) is 0 Å². The molecule has 0 spiro atoms. The molecule has 0 saturated carbocycles. The third kappa shape index (κ3) is 2.32. The molecule has 0 fully saturated rings. The molecule has 16 heavy (non-hydrogen) atoms. The van der Waals surface area contributed by atoms with Crippen molar-refractivity contribution in [1.29, 1.82) is 0 Å². The zero-order chi connectivity index (χ0) is 11.5. The molecule has 0 saturated heterocycles. The Kier molecular flexibility index (Phi) is 3.39. The molecule has 1 atom stereocenters. The molecule has 3 N–H and O–H groups in total. The minimum atomic E-state index is -0.279. The molecule has 0 amide bonds. The van der Waals surface area contributed by atoms with Gasteiger partial charge in [-0.3, -0.25) is 0 Å². The van der Waals surface area contributed by atoms with Crippen LogP contribution in [0.25, 0.3) is 10.4 Å². The van der Waals surface area contributed by atoms with Gasteiger partial charge >= 0.3 is 0 Å². The first-order valence-electron chi connectivity index (χ1n) is 5.24. The van der Waals surface area contributed by atoms with Crippen LogP contribution in [0.4, 0.5) is 0 Å². The lowest BCUT2D eigenvalue weighted by atomic mass is 10.1. The molecular formula is C13H15NOS. The van der Waals surface area contributed by atoms with Crippen LogP contribution in [-0.4, -0.2) is 11.7 Å². The fourth-order valence-corrected chi connectivity index (χ4v) is 2.46. The molecule has 0 aliphatic carbocycles. The lowest BCUT2D eigenvalue weighted by molar-refractivity contribution is 0.268. The van der Waals surface area contributed by atoms with Gasteiger partial charge in [-0.2, -0.15) is 0 Å². The summed E-state index contributed by atoms with van der Waals surface area (Å²) >= 11 is 1.78. The van der Waals surface area contributed by atoms with E-state index in [9.17, 15) is 0 Å². The van der Waals surface area contributed by atoms with Gasteiger partial charge < -0.3 is 10.8 Å². The summed E-state index contributed by atoms with van der Waals surface area (Å²) in [7, 11) is 0. The van der Waals surface area contributed by atoms with Gasteiger partial charge in [0.1, 0.15) is 0 Å². The van der Waals surface area contributed by atoms with Gasteiger partial charge in [0.25, 0.3) is 0 Å². The van der Waals surface area contributed by atoms with Crippen molar-refractivity contribution in [2.45, 2.75) is 13.0 Å². The Labute approximate surface area is 99.4 Å². The fourth-order valence-electron chi connectivity index (χ4n) is 1.59. The molecule has 0 radical (unpaired) electrons. The lowest BCUT2D eigenvalue weighted by Gasteiger charge is -2.08. The summed E-state index contributed by atoms with van der Waals surface area (Å²) in [5.41, 5.74) is 7.91. The van der Waals surface area contributed by atoms with Crippen molar-refractivity contribution in [3.05, 3.63) is 46.8 Å². The molecule has 0 aliphatic heterocycles. The van der Waals surface area contributed by atoms with Crippen LogP contribution in [0, 0.1) is 6.92 Å². The van der Waals surface area contributed by atoms with Crippen LogP contribution >= 0.6 is 11.3 Å². The van der Waals surface area contributed by atoms with E-state index in [0.29, 0.717) is 0 Å². The Morgan fingerprint density at radius 2 is 1.88 bits per heavy atom. The normalized spacial score (nSPS) is 12.7. The number of hydrogen-bond acceptors (Lipinski definition) is 3. The van der Waals surface area contributed by atoms with Crippen LogP contribution in [0.3, 0.4) is 0 Å². The highest BCUT2D eigenvalue weighted by Gasteiger charge is 2.05. The van der Waals surface area contributed by atoms with Crippen molar-refractivity contribution in [1.82, 2.24) is 0 Å². The van der Waals surface area contributed by atoms with Gasteiger partial charge in [0, 0.05) is 9.75 Å². The van der Waals surface area contributed by atoms with Gasteiger partial charge in [-0.25, -0.2) is 0 Å². The van der Waals surface area contributed by atoms with E-state index in [2.05, 4.69) is 31.2 Å². The first kappa shape index (κ1) is 11.3. The number of thiophene rings is 1. The summed E-state index contributed by atoms with van der Waals surface area (Å²) in [5, 5.41) is 8.95. The quantitative estimate of drug-likeness (QED) is 0.856. The second-order valence-electron chi connectivity index (χ2n) is 3.82. The van der Waals surface area contributed by atoms with Gasteiger partial charge in [0.2, 0.25) is 0 Å². The highest BCUT2D eigenvalue weighted by molar-refractivity contribution is 7.15. The van der Waals surface area contributed by atoms with E-state index in [0.717, 1.165) is 5.56 Å². The molecule has 1 aromatic carbocycles. The predicted octanol–water partition coefficient (Wildman–Crippen LogP) is 2.72. The predicted molar refractivity (Wildman–Crippen MR) is 68.5 cm³/mol. The number of benzene rings is 1. The van der Waals surface area contributed by atoms with Gasteiger partial charge in [-0.1, -0.05) is 24.3 Å². The molecule has 2 aromatic rings. The number of aliphatic hydroxyl groups is 1. The average Bonchev–Trinajstić information content (AvgIpc) is 2.75. The highest BCUT2D eigenvalue weighted by Crippen LogP contribution is 2.28. The largest absolute Gasteiger partial charge is 0.394 e. The molecule has 3 heteroatoms. The Morgan fingerprint density at radius 1 is 1.19 bits per heavy atom. The summed E-state index contributed by atoms with van der Waals surface area (Å²) in [6, 6.07) is 12.0. The van der Waals surface area contributed by atoms with E-state index in [1.807, 2.05) is 12.1 Å². The summed E-state index contributed by atoms with van der Waals surface area (Å²) in [6.07, 6.45) is 0. The third-order valence-electron chi connectivity index (χ3n) is 2.56. The maximum atomic E-state index is 8.95. The van der Waals surface area contributed by atoms with Crippen molar-refractivity contribution in [3.8, 4) is 10.4 Å². The molecule has 0 aliphatic rings. The van der Waals surface area contributed by atoms with Crippen LogP contribution in [0.1, 0.15) is 16.5 Å². The third-order valence-corrected chi connectivity index (χ3v) is 3.61. The van der Waals surface area contributed by atoms with E-state index in [4.69, 9.17) is 10.8 Å². The number of rotatable bonds is 3. The average molecular weight is 233 g/mol. The molecule has 0 bridgehead atoms. The first-order valence-corrected chi connectivity index (χ1v) is 6.05. The lowest BCUT2D eigenvalue weighted by Crippen LogP contribution is -2.14. The molecule has 84 valence electrons. The van der Waals surface area contributed by atoms with Gasteiger partial charge in [-0.05, 0) is 30.2 Å². The van der Waals surface area contributed by atoms with Gasteiger partial charge in [-0.15, -0.1) is 11.3 Å². The molecule has 0 unspecified atom stereocenters. The summed E-state index contributed by atoms with van der Waals surface area (Å²) in [6.45, 7) is 2.08. The number of aryl methyl sites for hydroxylation is 1. The van der Waals surface area contributed by atoms with Crippen LogP contribution in [0.2, 0.25) is 0 Å². The Hall–Kier alpha value is -1.16. The van der Waals surface area contributed by atoms with Crippen molar-refractivity contribution >= 4 is 11.3 Å². The standard InChI is InChI=1S/C13H15NOS/c1-9-2-7-13(16-9)11-5-3-10(4-6-11)12(14)8-15/h2-7,12,15H,8,14H2,1H3/t12-/m1/s1. The molecule has 1 aromatic heterocycles. The topological polar surface area (TPSA) is 46.2 Å². The number of hydrogen-bond donors (Lipinski definition) is 2. The van der Waals surface area contributed by atoms with Crippen LogP contribution in [0.15, 0.2) is 36.4 Å². The molecule has 2 rings (SSSR count). The van der Waals surface area contributed by atoms with Crippen LogP contribution in [0.5, 0.6) is 0 Å². The van der Waals surface area contributed by atoms with Gasteiger partial charge in [0.15, 0.2) is 0 Å². The molecular weight excluding hydrogens is 218 g/mol.